The van der Waals surface area contributed by atoms with Gasteiger partial charge in [0.15, 0.2) is 5.75 Å². The molecule has 0 saturated carbocycles. The Morgan fingerprint density at radius 1 is 1.53 bits per heavy atom. The maximum atomic E-state index is 11.1. The van der Waals surface area contributed by atoms with Crippen molar-refractivity contribution in [2.45, 2.75) is 6.92 Å². The smallest absolute Gasteiger partial charge is 0.334 e. The fraction of sp³-hybridized carbons (Fsp3) is 0.182. The Hall–Kier alpha value is -2.37. The average Bonchev–Trinajstić information content (AvgIpc) is 2.82. The van der Waals surface area contributed by atoms with Gasteiger partial charge in [-0.25, -0.2) is 4.98 Å². The van der Waals surface area contributed by atoms with Crippen molar-refractivity contribution in [1.82, 2.24) is 9.55 Å². The fourth-order valence-corrected chi connectivity index (χ4v) is 1.58. The molecule has 0 bridgehead atoms. The van der Waals surface area contributed by atoms with Gasteiger partial charge in [0.1, 0.15) is 5.69 Å². The number of hydrogen-bond acceptors (Lipinski definition) is 4. The Morgan fingerprint density at radius 3 is 2.94 bits per heavy atom. The van der Waals surface area contributed by atoms with E-state index < -0.39 is 4.92 Å². The molecule has 0 saturated heterocycles. The van der Waals surface area contributed by atoms with Crippen LogP contribution < -0.4 is 4.74 Å². The topological polar surface area (TPSA) is 70.2 Å². The van der Waals surface area contributed by atoms with Crippen molar-refractivity contribution in [2.75, 3.05) is 6.61 Å². The van der Waals surface area contributed by atoms with Gasteiger partial charge in [-0.1, -0.05) is 6.07 Å². The summed E-state index contributed by atoms with van der Waals surface area (Å²) in [4.78, 5) is 14.5. The lowest BCUT2D eigenvalue weighted by Crippen LogP contribution is -2.02. The standard InChI is InChI=1S/C11H11N3O3/c1-2-17-10-5-3-4-9(11(10)14(15)16)13-7-6-12-8-13/h3-8H,2H2,1H3. The number of ether oxygens (including phenoxy) is 1. The summed E-state index contributed by atoms with van der Waals surface area (Å²) in [5.74, 6) is 0.267. The van der Waals surface area contributed by atoms with E-state index >= 15 is 0 Å². The number of rotatable bonds is 4. The molecule has 0 aliphatic rings. The Kier molecular flexibility index (Phi) is 3.04. The summed E-state index contributed by atoms with van der Waals surface area (Å²) >= 11 is 0. The minimum Gasteiger partial charge on any atom is -0.487 e. The minimum atomic E-state index is -0.444. The number of nitrogens with zero attached hydrogens (tertiary/aromatic N) is 3. The molecular weight excluding hydrogens is 222 g/mol. The molecule has 2 rings (SSSR count). The molecular formula is C11H11N3O3. The third-order valence-electron chi connectivity index (χ3n) is 2.24. The van der Waals surface area contributed by atoms with E-state index in [1.54, 1.807) is 42.1 Å². The molecule has 0 aliphatic heterocycles. The van der Waals surface area contributed by atoms with Gasteiger partial charge < -0.3 is 9.30 Å². The van der Waals surface area contributed by atoms with Crippen molar-refractivity contribution in [3.05, 3.63) is 47.0 Å². The van der Waals surface area contributed by atoms with Crippen molar-refractivity contribution in [1.29, 1.82) is 0 Å². The van der Waals surface area contributed by atoms with Crippen LogP contribution in [0.2, 0.25) is 0 Å². The number of nitro benzene ring substituents is 1. The molecule has 2 aromatic rings. The summed E-state index contributed by atoms with van der Waals surface area (Å²) in [6.07, 6.45) is 4.73. The first kappa shape index (κ1) is 11.1. The zero-order valence-electron chi connectivity index (χ0n) is 9.24. The van der Waals surface area contributed by atoms with Gasteiger partial charge in [0.05, 0.1) is 17.9 Å². The molecule has 88 valence electrons. The van der Waals surface area contributed by atoms with Gasteiger partial charge in [0.2, 0.25) is 0 Å². The number of nitro groups is 1. The van der Waals surface area contributed by atoms with Crippen molar-refractivity contribution in [3.8, 4) is 11.4 Å². The molecule has 0 unspecified atom stereocenters. The summed E-state index contributed by atoms with van der Waals surface area (Å²) in [7, 11) is 0. The number of hydrogen-bond donors (Lipinski definition) is 0. The van der Waals surface area contributed by atoms with E-state index in [0.717, 1.165) is 0 Å². The largest absolute Gasteiger partial charge is 0.487 e. The maximum Gasteiger partial charge on any atom is 0.334 e. The van der Waals surface area contributed by atoms with Crippen LogP contribution >= 0.6 is 0 Å². The highest BCUT2D eigenvalue weighted by atomic mass is 16.6. The van der Waals surface area contributed by atoms with E-state index in [9.17, 15) is 10.1 Å². The first-order chi connectivity index (χ1) is 8.24. The predicted molar refractivity (Wildman–Crippen MR) is 61.4 cm³/mol. The molecule has 1 aromatic heterocycles. The van der Waals surface area contributed by atoms with Gasteiger partial charge >= 0.3 is 5.69 Å². The van der Waals surface area contributed by atoms with Crippen LogP contribution in [0, 0.1) is 10.1 Å². The van der Waals surface area contributed by atoms with E-state index in [1.165, 1.54) is 6.33 Å². The van der Waals surface area contributed by atoms with Crippen LogP contribution in [0.4, 0.5) is 5.69 Å². The van der Waals surface area contributed by atoms with E-state index in [-0.39, 0.29) is 11.4 Å². The van der Waals surface area contributed by atoms with Crippen LogP contribution in [-0.4, -0.2) is 21.1 Å². The molecule has 0 amide bonds. The number of imidazole rings is 1. The fourth-order valence-electron chi connectivity index (χ4n) is 1.58. The molecule has 0 N–H and O–H groups in total. The van der Waals surface area contributed by atoms with E-state index in [1.807, 2.05) is 0 Å². The molecule has 0 fully saturated rings. The molecule has 0 radical (unpaired) electrons. The minimum absolute atomic E-state index is 0.0487. The Balaban J connectivity index is 2.59. The van der Waals surface area contributed by atoms with Crippen LogP contribution in [0.1, 0.15) is 6.92 Å². The van der Waals surface area contributed by atoms with Gasteiger partial charge in [-0.15, -0.1) is 0 Å². The van der Waals surface area contributed by atoms with Gasteiger partial charge in [0, 0.05) is 12.4 Å². The molecule has 0 aliphatic carbocycles. The molecule has 1 aromatic carbocycles. The first-order valence-corrected chi connectivity index (χ1v) is 5.12. The molecule has 17 heavy (non-hydrogen) atoms. The van der Waals surface area contributed by atoms with Gasteiger partial charge in [0.25, 0.3) is 0 Å². The highest BCUT2D eigenvalue weighted by molar-refractivity contribution is 5.61. The van der Waals surface area contributed by atoms with Crippen molar-refractivity contribution >= 4 is 5.69 Å². The maximum absolute atomic E-state index is 11.1. The summed E-state index contributed by atoms with van der Waals surface area (Å²) in [5.41, 5.74) is 0.394. The van der Waals surface area contributed by atoms with Crippen molar-refractivity contribution in [3.63, 3.8) is 0 Å². The van der Waals surface area contributed by atoms with Gasteiger partial charge in [-0.3, -0.25) is 10.1 Å². The average molecular weight is 233 g/mol. The van der Waals surface area contributed by atoms with Crippen molar-refractivity contribution < 1.29 is 9.66 Å². The van der Waals surface area contributed by atoms with Crippen LogP contribution in [0.15, 0.2) is 36.9 Å². The van der Waals surface area contributed by atoms with Gasteiger partial charge in [-0.05, 0) is 19.1 Å². The second kappa shape index (κ2) is 4.65. The van der Waals surface area contributed by atoms with E-state index in [0.29, 0.717) is 12.3 Å². The zero-order valence-corrected chi connectivity index (χ0v) is 9.24. The normalized spacial score (nSPS) is 10.2. The number of benzene rings is 1. The Bertz CT molecular complexity index is 523. The lowest BCUT2D eigenvalue weighted by atomic mass is 10.2. The lowest BCUT2D eigenvalue weighted by Gasteiger charge is -2.08. The van der Waals surface area contributed by atoms with Crippen molar-refractivity contribution in [2.24, 2.45) is 0 Å². The quantitative estimate of drug-likeness (QED) is 0.599. The molecule has 0 spiro atoms. The van der Waals surface area contributed by atoms with Crippen LogP contribution in [0.5, 0.6) is 5.75 Å². The molecule has 0 atom stereocenters. The summed E-state index contributed by atoms with van der Waals surface area (Å²) in [5, 5.41) is 11.1. The van der Waals surface area contributed by atoms with E-state index in [2.05, 4.69) is 4.98 Å². The first-order valence-electron chi connectivity index (χ1n) is 5.12. The monoisotopic (exact) mass is 233 g/mol. The van der Waals surface area contributed by atoms with Gasteiger partial charge in [-0.2, -0.15) is 0 Å². The SMILES string of the molecule is CCOc1cccc(-n2ccnc2)c1[N+](=O)[O-]. The Morgan fingerprint density at radius 2 is 2.35 bits per heavy atom. The lowest BCUT2D eigenvalue weighted by molar-refractivity contribution is -0.385. The zero-order chi connectivity index (χ0) is 12.3. The third kappa shape index (κ3) is 2.10. The summed E-state index contributed by atoms with van der Waals surface area (Å²) in [6.45, 7) is 2.17. The second-order valence-electron chi connectivity index (χ2n) is 3.28. The van der Waals surface area contributed by atoms with Crippen LogP contribution in [-0.2, 0) is 0 Å². The summed E-state index contributed by atoms with van der Waals surface area (Å²) < 4.78 is 6.85. The predicted octanol–water partition coefficient (Wildman–Crippen LogP) is 2.18. The number of aromatic nitrogens is 2. The second-order valence-corrected chi connectivity index (χ2v) is 3.28. The highest BCUT2D eigenvalue weighted by Gasteiger charge is 2.21. The van der Waals surface area contributed by atoms with E-state index in [4.69, 9.17) is 4.74 Å². The molecule has 6 nitrogen and oxygen atoms in total. The third-order valence-corrected chi connectivity index (χ3v) is 2.24. The Labute approximate surface area is 97.6 Å². The van der Waals surface area contributed by atoms with Crippen LogP contribution in [0.3, 0.4) is 0 Å². The molecule has 6 heteroatoms. The highest BCUT2D eigenvalue weighted by Crippen LogP contribution is 2.33. The van der Waals surface area contributed by atoms with Crippen LogP contribution in [0.25, 0.3) is 5.69 Å². The summed E-state index contributed by atoms with van der Waals surface area (Å²) in [6, 6.07) is 4.96. The molecule has 1 heterocycles. The number of para-hydroxylation sites is 1.